The maximum absolute atomic E-state index is 12.1. The van der Waals surface area contributed by atoms with E-state index in [2.05, 4.69) is 26.2 Å². The summed E-state index contributed by atoms with van der Waals surface area (Å²) in [7, 11) is 0. The van der Waals surface area contributed by atoms with E-state index in [9.17, 15) is 9.59 Å². The van der Waals surface area contributed by atoms with Gasteiger partial charge in [-0.3, -0.25) is 4.79 Å². The monoisotopic (exact) mass is 354 g/mol. The molecule has 0 aliphatic heterocycles. The normalized spacial score (nSPS) is 10.1. The molecular weight excluding hydrogens is 348 g/mol. The van der Waals surface area contributed by atoms with Gasteiger partial charge in [0.1, 0.15) is 11.0 Å². The summed E-state index contributed by atoms with van der Waals surface area (Å²) in [4.78, 5) is 27.1. The number of hydrogen-bond donors (Lipinski definition) is 2. The van der Waals surface area contributed by atoms with E-state index >= 15 is 0 Å². The van der Waals surface area contributed by atoms with Crippen LogP contribution in [-0.4, -0.2) is 22.0 Å². The van der Waals surface area contributed by atoms with E-state index in [1.165, 1.54) is 12.1 Å². The predicted molar refractivity (Wildman–Crippen MR) is 78.3 cm³/mol. The highest BCUT2D eigenvalue weighted by molar-refractivity contribution is 9.10. The van der Waals surface area contributed by atoms with E-state index in [0.717, 1.165) is 0 Å². The zero-order valence-corrected chi connectivity index (χ0v) is 12.3. The molecule has 1 heterocycles. The van der Waals surface area contributed by atoms with Crippen molar-refractivity contribution in [2.75, 3.05) is 5.32 Å². The molecule has 7 heteroatoms. The largest absolute Gasteiger partial charge is 0.478 e. The van der Waals surface area contributed by atoms with Gasteiger partial charge in [-0.2, -0.15) is 0 Å². The Hall–Kier alpha value is -1.92. The standard InChI is InChI=1S/C13H8BrClN2O3/c14-7-4-5-8(9(6-7)13(19)20)12(18)17-11-3-1-2-10(15)16-11/h1-6H,(H,19,20)(H,16,17,18). The van der Waals surface area contributed by atoms with Gasteiger partial charge < -0.3 is 10.4 Å². The number of halogens is 2. The Morgan fingerprint density at radius 3 is 2.60 bits per heavy atom. The highest BCUT2D eigenvalue weighted by Gasteiger charge is 2.17. The molecule has 20 heavy (non-hydrogen) atoms. The summed E-state index contributed by atoms with van der Waals surface area (Å²) in [6, 6.07) is 9.13. The molecule has 2 rings (SSSR count). The van der Waals surface area contributed by atoms with E-state index < -0.39 is 11.9 Å². The van der Waals surface area contributed by atoms with E-state index in [-0.39, 0.29) is 22.1 Å². The first-order valence-corrected chi connectivity index (χ1v) is 6.61. The second-order valence-electron chi connectivity index (χ2n) is 3.79. The average Bonchev–Trinajstić information content (AvgIpc) is 2.38. The van der Waals surface area contributed by atoms with Gasteiger partial charge in [-0.15, -0.1) is 0 Å². The fourth-order valence-electron chi connectivity index (χ4n) is 1.55. The zero-order chi connectivity index (χ0) is 14.7. The molecule has 0 aliphatic carbocycles. The Bertz CT molecular complexity index is 691. The number of rotatable bonds is 3. The van der Waals surface area contributed by atoms with Gasteiger partial charge in [0, 0.05) is 4.47 Å². The maximum atomic E-state index is 12.1. The number of hydrogen-bond acceptors (Lipinski definition) is 3. The van der Waals surface area contributed by atoms with Crippen molar-refractivity contribution in [1.82, 2.24) is 4.98 Å². The molecular formula is C13H8BrClN2O3. The number of carboxylic acids is 1. The summed E-state index contributed by atoms with van der Waals surface area (Å²) < 4.78 is 0.576. The third-order valence-corrected chi connectivity index (χ3v) is 3.12. The lowest BCUT2D eigenvalue weighted by Gasteiger charge is -2.07. The van der Waals surface area contributed by atoms with Crippen molar-refractivity contribution in [3.8, 4) is 0 Å². The van der Waals surface area contributed by atoms with Crippen molar-refractivity contribution >= 4 is 45.2 Å². The molecule has 0 saturated carbocycles. The molecule has 0 spiro atoms. The van der Waals surface area contributed by atoms with Gasteiger partial charge in [0.05, 0.1) is 11.1 Å². The Labute approximate surface area is 127 Å². The van der Waals surface area contributed by atoms with Gasteiger partial charge in [0.2, 0.25) is 0 Å². The van der Waals surface area contributed by atoms with Crippen LogP contribution < -0.4 is 5.32 Å². The molecule has 2 aromatic rings. The highest BCUT2D eigenvalue weighted by Crippen LogP contribution is 2.18. The summed E-state index contributed by atoms with van der Waals surface area (Å²) in [5.74, 6) is -1.50. The second-order valence-corrected chi connectivity index (χ2v) is 5.10. The van der Waals surface area contributed by atoms with Crippen molar-refractivity contribution in [1.29, 1.82) is 0 Å². The van der Waals surface area contributed by atoms with Crippen molar-refractivity contribution in [3.63, 3.8) is 0 Å². The number of carbonyl (C=O) groups excluding carboxylic acids is 1. The molecule has 1 amide bonds. The topological polar surface area (TPSA) is 79.3 Å². The molecule has 102 valence electrons. The molecule has 0 fully saturated rings. The number of benzene rings is 1. The lowest BCUT2D eigenvalue weighted by atomic mass is 10.1. The number of pyridine rings is 1. The van der Waals surface area contributed by atoms with E-state index in [4.69, 9.17) is 16.7 Å². The van der Waals surface area contributed by atoms with Gasteiger partial charge in [0.15, 0.2) is 0 Å². The van der Waals surface area contributed by atoms with Crippen LogP contribution >= 0.6 is 27.5 Å². The number of anilines is 1. The molecule has 0 bridgehead atoms. The van der Waals surface area contributed by atoms with Crippen LogP contribution in [0.5, 0.6) is 0 Å². The van der Waals surface area contributed by atoms with Crippen LogP contribution in [0.25, 0.3) is 0 Å². The van der Waals surface area contributed by atoms with Crippen LogP contribution in [0.15, 0.2) is 40.9 Å². The van der Waals surface area contributed by atoms with Crippen LogP contribution in [0, 0.1) is 0 Å². The molecule has 0 radical (unpaired) electrons. The van der Waals surface area contributed by atoms with E-state index in [1.807, 2.05) is 0 Å². The van der Waals surface area contributed by atoms with Crippen LogP contribution in [0.3, 0.4) is 0 Å². The summed E-state index contributed by atoms with van der Waals surface area (Å²) in [5, 5.41) is 11.8. The fraction of sp³-hybridized carbons (Fsp3) is 0. The quantitative estimate of drug-likeness (QED) is 0.827. The smallest absolute Gasteiger partial charge is 0.336 e. The SMILES string of the molecule is O=C(O)c1cc(Br)ccc1C(=O)Nc1cccc(Cl)n1. The third-order valence-electron chi connectivity index (χ3n) is 2.41. The molecule has 0 unspecified atom stereocenters. The minimum absolute atomic E-state index is 0.0440. The van der Waals surface area contributed by atoms with Gasteiger partial charge in [-0.25, -0.2) is 9.78 Å². The summed E-state index contributed by atoms with van der Waals surface area (Å²) in [6.07, 6.45) is 0. The molecule has 1 aromatic carbocycles. The number of amides is 1. The third kappa shape index (κ3) is 3.34. The highest BCUT2D eigenvalue weighted by atomic mass is 79.9. The summed E-state index contributed by atoms with van der Waals surface area (Å²) >= 11 is 8.88. The Morgan fingerprint density at radius 2 is 1.95 bits per heavy atom. The van der Waals surface area contributed by atoms with Crippen molar-refractivity contribution in [3.05, 3.63) is 57.2 Å². The molecule has 0 atom stereocenters. The van der Waals surface area contributed by atoms with Gasteiger partial charge >= 0.3 is 5.97 Å². The average molecular weight is 356 g/mol. The molecule has 0 saturated heterocycles. The number of carboxylic acid groups (broad SMARTS) is 1. The van der Waals surface area contributed by atoms with E-state index in [0.29, 0.717) is 4.47 Å². The first-order valence-electron chi connectivity index (χ1n) is 5.44. The Morgan fingerprint density at radius 1 is 1.20 bits per heavy atom. The number of carbonyl (C=O) groups is 2. The van der Waals surface area contributed by atoms with Gasteiger partial charge in [-0.05, 0) is 30.3 Å². The van der Waals surface area contributed by atoms with E-state index in [1.54, 1.807) is 24.3 Å². The van der Waals surface area contributed by atoms with Crippen molar-refractivity contribution in [2.24, 2.45) is 0 Å². The lowest BCUT2D eigenvalue weighted by Crippen LogP contribution is -2.17. The summed E-state index contributed by atoms with van der Waals surface area (Å²) in [6.45, 7) is 0. The molecule has 0 aliphatic rings. The van der Waals surface area contributed by atoms with Gasteiger partial charge in [-0.1, -0.05) is 33.6 Å². The van der Waals surface area contributed by atoms with Crippen LogP contribution in [0.1, 0.15) is 20.7 Å². The minimum atomic E-state index is -1.18. The van der Waals surface area contributed by atoms with Crippen molar-refractivity contribution in [2.45, 2.75) is 0 Å². The number of aromatic carboxylic acids is 1. The first kappa shape index (κ1) is 14.5. The van der Waals surface area contributed by atoms with Crippen molar-refractivity contribution < 1.29 is 14.7 Å². The number of aromatic nitrogens is 1. The first-order chi connectivity index (χ1) is 9.47. The Balaban J connectivity index is 2.32. The number of nitrogens with zero attached hydrogens (tertiary/aromatic N) is 1. The van der Waals surface area contributed by atoms with Crippen LogP contribution in [-0.2, 0) is 0 Å². The number of nitrogens with one attached hydrogen (secondary N) is 1. The maximum Gasteiger partial charge on any atom is 0.336 e. The Kier molecular flexibility index (Phi) is 4.36. The summed E-state index contributed by atoms with van der Waals surface area (Å²) in [5.41, 5.74) is -0.0543. The lowest BCUT2D eigenvalue weighted by molar-refractivity contribution is 0.0692. The molecule has 5 nitrogen and oxygen atoms in total. The molecule has 2 N–H and O–H groups in total. The van der Waals surface area contributed by atoms with Crippen LogP contribution in [0.4, 0.5) is 5.82 Å². The fourth-order valence-corrected chi connectivity index (χ4v) is 2.08. The second kappa shape index (κ2) is 6.02. The predicted octanol–water partition coefficient (Wildman–Crippen LogP) is 3.45. The minimum Gasteiger partial charge on any atom is -0.478 e. The zero-order valence-electron chi connectivity index (χ0n) is 9.93. The van der Waals surface area contributed by atoms with Gasteiger partial charge in [0.25, 0.3) is 5.91 Å². The van der Waals surface area contributed by atoms with Crippen LogP contribution in [0.2, 0.25) is 5.15 Å². The molecule has 1 aromatic heterocycles.